The molecule has 0 amide bonds. The van der Waals surface area contributed by atoms with E-state index >= 15 is 0 Å². The summed E-state index contributed by atoms with van der Waals surface area (Å²) >= 11 is 3.23. The van der Waals surface area contributed by atoms with Gasteiger partial charge in [0.15, 0.2) is 5.03 Å². The first kappa shape index (κ1) is 14.6. The Morgan fingerprint density at radius 1 is 1.50 bits per heavy atom. The number of rotatable bonds is 4. The first-order valence-corrected chi connectivity index (χ1v) is 7.98. The molecule has 6 nitrogen and oxygen atoms in total. The Morgan fingerprint density at radius 3 is 2.80 bits per heavy atom. The molecule has 0 bridgehead atoms. The van der Waals surface area contributed by atoms with Gasteiger partial charge in [-0.2, -0.15) is 13.7 Å². The minimum atomic E-state index is -3.74. The van der Waals surface area contributed by atoms with Gasteiger partial charge in [-0.15, -0.1) is 0 Å². The Bertz CT molecular complexity index is 777. The van der Waals surface area contributed by atoms with E-state index in [0.29, 0.717) is 22.3 Å². The normalized spacial score (nSPS) is 11.1. The monoisotopic (exact) mass is 354 g/mol. The number of hydrogen-bond acceptors (Lipinski definition) is 4. The Labute approximate surface area is 125 Å². The van der Waals surface area contributed by atoms with Crippen molar-refractivity contribution in [2.24, 2.45) is 0 Å². The van der Waals surface area contributed by atoms with Gasteiger partial charge in [-0.3, -0.25) is 4.72 Å². The molecule has 2 aromatic rings. The van der Waals surface area contributed by atoms with E-state index in [1.807, 2.05) is 13.0 Å². The molecule has 0 atom stereocenters. The van der Waals surface area contributed by atoms with Crippen LogP contribution in [0, 0.1) is 11.3 Å². The number of nitriles is 1. The van der Waals surface area contributed by atoms with Gasteiger partial charge in [0.25, 0.3) is 10.0 Å². The average Bonchev–Trinajstić information content (AvgIpc) is 2.90. The van der Waals surface area contributed by atoms with Crippen LogP contribution in [0.1, 0.15) is 12.5 Å². The summed E-state index contributed by atoms with van der Waals surface area (Å²) in [6.07, 6.45) is 2.92. The van der Waals surface area contributed by atoms with E-state index in [9.17, 15) is 8.42 Å². The maximum absolute atomic E-state index is 12.2. The first-order chi connectivity index (χ1) is 9.46. The van der Waals surface area contributed by atoms with Crippen LogP contribution in [0.2, 0.25) is 0 Å². The standard InChI is InChI=1S/C12H11BrN4O2S/c1-2-17-7-12(15-8-17)20(18,19)16-11-4-3-9(6-14)5-10(11)13/h3-5,7-8,16H,2H2,1H3. The Morgan fingerprint density at radius 2 is 2.25 bits per heavy atom. The molecule has 8 heteroatoms. The minimum Gasteiger partial charge on any atom is -0.336 e. The van der Waals surface area contributed by atoms with Gasteiger partial charge in [0.1, 0.15) is 0 Å². The minimum absolute atomic E-state index is 0.0457. The van der Waals surface area contributed by atoms with Gasteiger partial charge in [-0.1, -0.05) is 0 Å². The molecule has 2 rings (SSSR count). The molecule has 0 fully saturated rings. The predicted molar refractivity (Wildman–Crippen MR) is 77.6 cm³/mol. The van der Waals surface area contributed by atoms with Crippen LogP contribution in [0.4, 0.5) is 5.69 Å². The predicted octanol–water partition coefficient (Wildman–Crippen LogP) is 2.34. The lowest BCUT2D eigenvalue weighted by Gasteiger charge is -2.07. The van der Waals surface area contributed by atoms with Crippen molar-refractivity contribution in [2.75, 3.05) is 4.72 Å². The molecule has 0 aliphatic rings. The topological polar surface area (TPSA) is 87.8 Å². The number of halogens is 1. The van der Waals surface area contributed by atoms with Gasteiger partial charge >= 0.3 is 0 Å². The lowest BCUT2D eigenvalue weighted by Crippen LogP contribution is -2.13. The smallest absolute Gasteiger partial charge is 0.280 e. The fourth-order valence-corrected chi connectivity index (χ4v) is 3.16. The van der Waals surface area contributed by atoms with Gasteiger partial charge in [-0.25, -0.2) is 4.98 Å². The van der Waals surface area contributed by atoms with Gasteiger partial charge < -0.3 is 4.57 Å². The van der Waals surface area contributed by atoms with Crippen molar-refractivity contribution in [3.05, 3.63) is 40.8 Å². The largest absolute Gasteiger partial charge is 0.336 e. The molecule has 1 N–H and O–H groups in total. The number of aromatic nitrogens is 2. The van der Waals surface area contributed by atoms with Crippen molar-refractivity contribution in [3.8, 4) is 6.07 Å². The van der Waals surface area contributed by atoms with Crippen molar-refractivity contribution in [1.82, 2.24) is 9.55 Å². The van der Waals surface area contributed by atoms with E-state index in [0.717, 1.165) is 0 Å². The summed E-state index contributed by atoms with van der Waals surface area (Å²) in [7, 11) is -3.74. The second-order valence-corrected chi connectivity index (χ2v) is 6.44. The highest BCUT2D eigenvalue weighted by Crippen LogP contribution is 2.25. The van der Waals surface area contributed by atoms with Crippen molar-refractivity contribution in [3.63, 3.8) is 0 Å². The van der Waals surface area contributed by atoms with Crippen LogP contribution in [0.3, 0.4) is 0 Å². The summed E-state index contributed by atoms with van der Waals surface area (Å²) in [4.78, 5) is 3.86. The van der Waals surface area contributed by atoms with Crippen molar-refractivity contribution < 1.29 is 8.42 Å². The number of anilines is 1. The highest BCUT2D eigenvalue weighted by molar-refractivity contribution is 9.10. The molecular formula is C12H11BrN4O2S. The molecular weight excluding hydrogens is 344 g/mol. The number of sulfonamides is 1. The number of nitrogens with zero attached hydrogens (tertiary/aromatic N) is 3. The second-order valence-electron chi connectivity index (χ2n) is 3.95. The summed E-state index contributed by atoms with van der Waals surface area (Å²) in [5.74, 6) is 0. The fourth-order valence-electron chi connectivity index (χ4n) is 1.52. The lowest BCUT2D eigenvalue weighted by molar-refractivity contribution is 0.598. The van der Waals surface area contributed by atoms with Crippen LogP contribution in [0.25, 0.3) is 0 Å². The molecule has 20 heavy (non-hydrogen) atoms. The Hall–Kier alpha value is -1.85. The van der Waals surface area contributed by atoms with E-state index in [2.05, 4.69) is 25.6 Å². The molecule has 104 valence electrons. The second kappa shape index (κ2) is 5.64. The van der Waals surface area contributed by atoms with Gasteiger partial charge in [0, 0.05) is 17.2 Å². The van der Waals surface area contributed by atoms with E-state index < -0.39 is 10.0 Å². The third kappa shape index (κ3) is 3.00. The number of aryl methyl sites for hydroxylation is 1. The van der Waals surface area contributed by atoms with Crippen LogP contribution in [0.15, 0.2) is 40.2 Å². The quantitative estimate of drug-likeness (QED) is 0.912. The van der Waals surface area contributed by atoms with Crippen LogP contribution in [-0.4, -0.2) is 18.0 Å². The zero-order chi connectivity index (χ0) is 14.8. The summed E-state index contributed by atoms with van der Waals surface area (Å²) in [6.45, 7) is 2.53. The molecule has 0 radical (unpaired) electrons. The summed E-state index contributed by atoms with van der Waals surface area (Å²) in [5, 5.41) is 8.73. The highest BCUT2D eigenvalue weighted by Gasteiger charge is 2.18. The van der Waals surface area contributed by atoms with Crippen molar-refractivity contribution in [2.45, 2.75) is 18.5 Å². The van der Waals surface area contributed by atoms with E-state index in [1.165, 1.54) is 24.7 Å². The number of imidazole rings is 1. The molecule has 0 aliphatic heterocycles. The third-order valence-corrected chi connectivity index (χ3v) is 4.50. The van der Waals surface area contributed by atoms with E-state index in [1.54, 1.807) is 10.6 Å². The third-order valence-electron chi connectivity index (χ3n) is 2.59. The fraction of sp³-hybridized carbons (Fsp3) is 0.167. The maximum atomic E-state index is 12.2. The van der Waals surface area contributed by atoms with Crippen molar-refractivity contribution >= 4 is 31.6 Å². The lowest BCUT2D eigenvalue weighted by atomic mass is 10.2. The summed E-state index contributed by atoms with van der Waals surface area (Å²) in [6, 6.07) is 6.58. The number of hydrogen-bond donors (Lipinski definition) is 1. The van der Waals surface area contributed by atoms with Crippen molar-refractivity contribution in [1.29, 1.82) is 5.26 Å². The molecule has 0 spiro atoms. The molecule has 1 heterocycles. The van der Waals surface area contributed by atoms with Gasteiger partial charge in [-0.05, 0) is 41.1 Å². The van der Waals surface area contributed by atoms with E-state index in [-0.39, 0.29) is 5.03 Å². The zero-order valence-corrected chi connectivity index (χ0v) is 12.9. The van der Waals surface area contributed by atoms with Crippen LogP contribution < -0.4 is 4.72 Å². The van der Waals surface area contributed by atoms with Gasteiger partial charge in [0.05, 0.1) is 23.6 Å². The van der Waals surface area contributed by atoms with E-state index in [4.69, 9.17) is 5.26 Å². The number of benzene rings is 1. The molecule has 1 aromatic heterocycles. The molecule has 0 saturated carbocycles. The Balaban J connectivity index is 2.31. The highest BCUT2D eigenvalue weighted by atomic mass is 79.9. The first-order valence-electron chi connectivity index (χ1n) is 5.70. The SMILES string of the molecule is CCn1cnc(S(=O)(=O)Nc2ccc(C#N)cc2Br)c1. The molecule has 1 aromatic carbocycles. The Kier molecular flexibility index (Phi) is 4.11. The van der Waals surface area contributed by atoms with Crippen LogP contribution in [-0.2, 0) is 16.6 Å². The molecule has 0 saturated heterocycles. The molecule has 0 aliphatic carbocycles. The number of nitrogens with one attached hydrogen (secondary N) is 1. The van der Waals surface area contributed by atoms with Crippen LogP contribution in [0.5, 0.6) is 0 Å². The zero-order valence-electron chi connectivity index (χ0n) is 10.5. The van der Waals surface area contributed by atoms with Crippen LogP contribution >= 0.6 is 15.9 Å². The summed E-state index contributed by atoms with van der Waals surface area (Å²) in [5.41, 5.74) is 0.796. The average molecular weight is 355 g/mol. The maximum Gasteiger partial charge on any atom is 0.280 e. The summed E-state index contributed by atoms with van der Waals surface area (Å²) < 4.78 is 28.9. The molecule has 0 unspecified atom stereocenters. The van der Waals surface area contributed by atoms with Gasteiger partial charge in [0.2, 0.25) is 0 Å².